The first-order valence-corrected chi connectivity index (χ1v) is 7.60. The van der Waals surface area contributed by atoms with E-state index in [1.807, 2.05) is 0 Å². The largest absolute Gasteiger partial charge is 0.416 e. The molecule has 3 nitrogen and oxygen atoms in total. The standard InChI is InChI=1S/C13H13F3N2OS/c1-20(19)7-6-10-8-17-18(9-10)12-4-2-11(3-5-12)13(14,15)16/h2-5,8-9H,6-7H2,1H3. The van der Waals surface area contributed by atoms with Gasteiger partial charge in [0.15, 0.2) is 0 Å². The SMILES string of the molecule is CS(=O)CCc1cnn(-c2ccc(C(F)(F)F)cc2)c1. The van der Waals surface area contributed by atoms with Gasteiger partial charge in [-0.1, -0.05) is 0 Å². The summed E-state index contributed by atoms with van der Waals surface area (Å²) in [5, 5.41) is 4.09. The lowest BCUT2D eigenvalue weighted by Gasteiger charge is -2.07. The Hall–Kier alpha value is -1.63. The molecule has 0 aliphatic carbocycles. The second-order valence-electron chi connectivity index (χ2n) is 4.37. The molecule has 1 aromatic heterocycles. The van der Waals surface area contributed by atoms with Crippen LogP contribution in [0.3, 0.4) is 0 Å². The lowest BCUT2D eigenvalue weighted by Crippen LogP contribution is -2.05. The maximum Gasteiger partial charge on any atom is 0.416 e. The lowest BCUT2D eigenvalue weighted by atomic mass is 10.2. The van der Waals surface area contributed by atoms with Crippen LogP contribution in [0.4, 0.5) is 13.2 Å². The van der Waals surface area contributed by atoms with E-state index in [0.29, 0.717) is 17.9 Å². The van der Waals surface area contributed by atoms with Gasteiger partial charge in [-0.25, -0.2) is 4.68 Å². The van der Waals surface area contributed by atoms with Crippen molar-refractivity contribution < 1.29 is 17.4 Å². The van der Waals surface area contributed by atoms with Gasteiger partial charge >= 0.3 is 6.18 Å². The van der Waals surface area contributed by atoms with Gasteiger partial charge in [0.2, 0.25) is 0 Å². The summed E-state index contributed by atoms with van der Waals surface area (Å²) in [5.41, 5.74) is 0.775. The first-order chi connectivity index (χ1) is 9.36. The second kappa shape index (κ2) is 5.78. The van der Waals surface area contributed by atoms with Gasteiger partial charge in [0.25, 0.3) is 0 Å². The van der Waals surface area contributed by atoms with Crippen LogP contribution < -0.4 is 0 Å². The van der Waals surface area contributed by atoms with E-state index in [2.05, 4.69) is 5.10 Å². The molecular weight excluding hydrogens is 289 g/mol. The second-order valence-corrected chi connectivity index (χ2v) is 5.92. The third kappa shape index (κ3) is 3.69. The number of nitrogens with zero attached hydrogens (tertiary/aromatic N) is 2. The molecule has 0 bridgehead atoms. The van der Waals surface area contributed by atoms with Crippen molar-refractivity contribution in [2.24, 2.45) is 0 Å². The molecular formula is C13H13F3N2OS. The number of benzene rings is 1. The van der Waals surface area contributed by atoms with Crippen molar-refractivity contribution in [3.05, 3.63) is 47.8 Å². The normalized spacial score (nSPS) is 13.4. The van der Waals surface area contributed by atoms with Crippen molar-refractivity contribution in [1.82, 2.24) is 9.78 Å². The van der Waals surface area contributed by atoms with Crippen molar-refractivity contribution in [2.75, 3.05) is 12.0 Å². The average Bonchev–Trinajstić information content (AvgIpc) is 2.84. The number of aryl methyl sites for hydroxylation is 1. The predicted molar refractivity (Wildman–Crippen MR) is 71.2 cm³/mol. The maximum atomic E-state index is 12.5. The van der Waals surface area contributed by atoms with Gasteiger partial charge in [0.1, 0.15) is 0 Å². The van der Waals surface area contributed by atoms with Crippen LogP contribution in [0, 0.1) is 0 Å². The summed E-state index contributed by atoms with van der Waals surface area (Å²) in [5.74, 6) is 0.540. The molecule has 108 valence electrons. The fourth-order valence-corrected chi connectivity index (χ4v) is 2.22. The fraction of sp³-hybridized carbons (Fsp3) is 0.308. The van der Waals surface area contributed by atoms with Crippen LogP contribution in [0.1, 0.15) is 11.1 Å². The molecule has 1 heterocycles. The number of halogens is 3. The molecule has 1 unspecified atom stereocenters. The van der Waals surface area contributed by atoms with Crippen LogP contribution in [-0.4, -0.2) is 26.0 Å². The van der Waals surface area contributed by atoms with Crippen LogP contribution in [0.5, 0.6) is 0 Å². The molecule has 1 atom stereocenters. The highest BCUT2D eigenvalue weighted by molar-refractivity contribution is 7.84. The molecule has 0 saturated carbocycles. The quantitative estimate of drug-likeness (QED) is 0.870. The third-order valence-corrected chi connectivity index (χ3v) is 3.55. The average molecular weight is 302 g/mol. The Morgan fingerprint density at radius 1 is 1.25 bits per heavy atom. The Bertz CT molecular complexity index is 605. The summed E-state index contributed by atoms with van der Waals surface area (Å²) >= 11 is 0. The molecule has 0 fully saturated rings. The monoisotopic (exact) mass is 302 g/mol. The third-order valence-electron chi connectivity index (χ3n) is 2.77. The Labute approximate surface area is 116 Å². The molecule has 0 aliphatic rings. The zero-order valence-corrected chi connectivity index (χ0v) is 11.5. The van der Waals surface area contributed by atoms with Crippen LogP contribution in [0.15, 0.2) is 36.7 Å². The number of aromatic nitrogens is 2. The minimum absolute atomic E-state index is 0.540. The van der Waals surface area contributed by atoms with Gasteiger partial charge in [-0.05, 0) is 36.2 Å². The number of alkyl halides is 3. The van der Waals surface area contributed by atoms with Crippen molar-refractivity contribution in [1.29, 1.82) is 0 Å². The van der Waals surface area contributed by atoms with Gasteiger partial charge < -0.3 is 0 Å². The lowest BCUT2D eigenvalue weighted by molar-refractivity contribution is -0.137. The zero-order chi connectivity index (χ0) is 14.8. The first kappa shape index (κ1) is 14.8. The van der Waals surface area contributed by atoms with E-state index in [-0.39, 0.29) is 0 Å². The van der Waals surface area contributed by atoms with E-state index in [1.54, 1.807) is 18.6 Å². The van der Waals surface area contributed by atoms with E-state index in [9.17, 15) is 17.4 Å². The van der Waals surface area contributed by atoms with E-state index in [0.717, 1.165) is 17.7 Å². The number of rotatable bonds is 4. The van der Waals surface area contributed by atoms with E-state index < -0.39 is 22.5 Å². The first-order valence-electron chi connectivity index (χ1n) is 5.87. The molecule has 0 amide bonds. The summed E-state index contributed by atoms with van der Waals surface area (Å²) in [4.78, 5) is 0. The van der Waals surface area contributed by atoms with Crippen LogP contribution in [-0.2, 0) is 23.4 Å². The van der Waals surface area contributed by atoms with Gasteiger partial charge in [-0.2, -0.15) is 18.3 Å². The van der Waals surface area contributed by atoms with Crippen molar-refractivity contribution in [3.63, 3.8) is 0 Å². The molecule has 0 aliphatic heterocycles. The Balaban J connectivity index is 2.14. The van der Waals surface area contributed by atoms with E-state index in [4.69, 9.17) is 0 Å². The number of hydrogen-bond donors (Lipinski definition) is 0. The molecule has 7 heteroatoms. The van der Waals surface area contributed by atoms with Gasteiger partial charge in [0, 0.05) is 29.0 Å². The highest BCUT2D eigenvalue weighted by Gasteiger charge is 2.29. The van der Waals surface area contributed by atoms with Crippen LogP contribution in [0.2, 0.25) is 0 Å². The van der Waals surface area contributed by atoms with Gasteiger partial charge in [-0.15, -0.1) is 0 Å². The van der Waals surface area contributed by atoms with Crippen LogP contribution in [0.25, 0.3) is 5.69 Å². The van der Waals surface area contributed by atoms with Crippen molar-refractivity contribution in [2.45, 2.75) is 12.6 Å². The molecule has 20 heavy (non-hydrogen) atoms. The van der Waals surface area contributed by atoms with E-state index in [1.165, 1.54) is 16.8 Å². The smallest absolute Gasteiger partial charge is 0.260 e. The van der Waals surface area contributed by atoms with Gasteiger partial charge in [0.05, 0.1) is 17.4 Å². The molecule has 0 saturated heterocycles. The molecule has 2 aromatic rings. The van der Waals surface area contributed by atoms with Gasteiger partial charge in [-0.3, -0.25) is 4.21 Å². The fourth-order valence-electron chi connectivity index (χ4n) is 1.70. The molecule has 1 aromatic carbocycles. The topological polar surface area (TPSA) is 34.9 Å². The molecule has 0 spiro atoms. The highest BCUT2D eigenvalue weighted by atomic mass is 32.2. The summed E-state index contributed by atoms with van der Waals surface area (Å²) in [6, 6.07) is 4.80. The van der Waals surface area contributed by atoms with Crippen molar-refractivity contribution in [3.8, 4) is 5.69 Å². The molecule has 0 N–H and O–H groups in total. The Morgan fingerprint density at radius 3 is 2.45 bits per heavy atom. The predicted octanol–water partition coefficient (Wildman–Crippen LogP) is 2.81. The maximum absolute atomic E-state index is 12.5. The number of hydrogen-bond acceptors (Lipinski definition) is 2. The minimum atomic E-state index is -4.33. The van der Waals surface area contributed by atoms with Crippen molar-refractivity contribution >= 4 is 10.8 Å². The minimum Gasteiger partial charge on any atom is -0.260 e. The Kier molecular flexibility index (Phi) is 4.27. The summed E-state index contributed by atoms with van der Waals surface area (Å²) in [6.07, 6.45) is 1.28. The highest BCUT2D eigenvalue weighted by Crippen LogP contribution is 2.29. The molecule has 0 radical (unpaired) electrons. The van der Waals surface area contributed by atoms with E-state index >= 15 is 0 Å². The zero-order valence-electron chi connectivity index (χ0n) is 10.7. The Morgan fingerprint density at radius 2 is 1.90 bits per heavy atom. The summed E-state index contributed by atoms with van der Waals surface area (Å²) in [7, 11) is -0.876. The summed E-state index contributed by atoms with van der Waals surface area (Å²) < 4.78 is 49.9. The molecule has 2 rings (SSSR count). The summed E-state index contributed by atoms with van der Waals surface area (Å²) in [6.45, 7) is 0. The van der Waals surface area contributed by atoms with Crippen LogP contribution >= 0.6 is 0 Å².